The van der Waals surface area contributed by atoms with Crippen molar-refractivity contribution in [2.45, 2.75) is 32.2 Å². The van der Waals surface area contributed by atoms with Gasteiger partial charge >= 0.3 is 0 Å². The number of fused-ring (bicyclic) bond motifs is 1. The molecular weight excluding hydrogens is 322 g/mol. The van der Waals surface area contributed by atoms with Gasteiger partial charge < -0.3 is 15.5 Å². The molecule has 0 atom stereocenters. The standard InChI is InChI=1S/C18H21N3O2S/c1-3-18(19,4-2)11-20-16(22)13-9-10-14(23-13)17-21-12-7-5-6-8-15(12)24-17/h5-10H,3-4,11,19H2,1-2H3,(H,20,22). The Morgan fingerprint density at radius 3 is 2.71 bits per heavy atom. The van der Waals surface area contributed by atoms with E-state index in [1.54, 1.807) is 23.5 Å². The van der Waals surface area contributed by atoms with Crippen LogP contribution in [0.3, 0.4) is 0 Å². The first-order chi connectivity index (χ1) is 11.5. The fourth-order valence-electron chi connectivity index (χ4n) is 2.40. The molecule has 0 aliphatic heterocycles. The van der Waals surface area contributed by atoms with Gasteiger partial charge in [0.25, 0.3) is 5.91 Å². The van der Waals surface area contributed by atoms with Gasteiger partial charge in [0.15, 0.2) is 16.5 Å². The Hall–Kier alpha value is -2.18. The molecule has 1 amide bonds. The summed E-state index contributed by atoms with van der Waals surface area (Å²) in [6.45, 7) is 4.47. The number of furan rings is 1. The monoisotopic (exact) mass is 343 g/mol. The predicted molar refractivity (Wildman–Crippen MR) is 97.2 cm³/mol. The van der Waals surface area contributed by atoms with Crippen molar-refractivity contribution in [3.05, 3.63) is 42.2 Å². The molecule has 3 rings (SSSR count). The number of nitrogens with one attached hydrogen (secondary N) is 1. The maximum Gasteiger partial charge on any atom is 0.287 e. The Morgan fingerprint density at radius 2 is 2.00 bits per heavy atom. The van der Waals surface area contributed by atoms with Gasteiger partial charge in [0, 0.05) is 12.1 Å². The first kappa shape index (κ1) is 16.7. The third-order valence-corrected chi connectivity index (χ3v) is 5.39. The van der Waals surface area contributed by atoms with E-state index >= 15 is 0 Å². The Kier molecular flexibility index (Phi) is 4.69. The normalized spacial score (nSPS) is 11.8. The fourth-order valence-corrected chi connectivity index (χ4v) is 3.32. The van der Waals surface area contributed by atoms with E-state index in [1.165, 1.54) is 0 Å². The molecule has 3 aromatic rings. The predicted octanol–water partition coefficient (Wildman–Crippen LogP) is 3.80. The van der Waals surface area contributed by atoms with Crippen LogP contribution in [-0.4, -0.2) is 23.0 Å². The van der Waals surface area contributed by atoms with Gasteiger partial charge in [-0.25, -0.2) is 4.98 Å². The molecule has 0 spiro atoms. The zero-order valence-electron chi connectivity index (χ0n) is 13.8. The largest absolute Gasteiger partial charge is 0.448 e. The number of para-hydroxylation sites is 1. The van der Waals surface area contributed by atoms with E-state index in [4.69, 9.17) is 10.2 Å². The van der Waals surface area contributed by atoms with Crippen molar-refractivity contribution < 1.29 is 9.21 Å². The highest BCUT2D eigenvalue weighted by Gasteiger charge is 2.22. The molecule has 24 heavy (non-hydrogen) atoms. The number of rotatable bonds is 6. The van der Waals surface area contributed by atoms with E-state index in [0.717, 1.165) is 28.1 Å². The SMILES string of the molecule is CCC(N)(CC)CNC(=O)c1ccc(-c2nc3ccccc3s2)o1. The van der Waals surface area contributed by atoms with Gasteiger partial charge in [-0.3, -0.25) is 4.79 Å². The number of nitrogens with zero attached hydrogens (tertiary/aromatic N) is 1. The lowest BCUT2D eigenvalue weighted by atomic mass is 9.94. The number of carbonyl (C=O) groups is 1. The minimum absolute atomic E-state index is 0.251. The molecule has 2 aromatic heterocycles. The Balaban J connectivity index is 1.74. The highest BCUT2D eigenvalue weighted by atomic mass is 32.1. The molecule has 3 N–H and O–H groups in total. The molecule has 0 radical (unpaired) electrons. The molecule has 0 unspecified atom stereocenters. The maximum absolute atomic E-state index is 12.3. The van der Waals surface area contributed by atoms with Crippen LogP contribution in [-0.2, 0) is 0 Å². The lowest BCUT2D eigenvalue weighted by Gasteiger charge is -2.26. The highest BCUT2D eigenvalue weighted by molar-refractivity contribution is 7.21. The number of benzene rings is 1. The Morgan fingerprint density at radius 1 is 1.25 bits per heavy atom. The molecule has 6 heteroatoms. The summed E-state index contributed by atoms with van der Waals surface area (Å²) in [5.74, 6) is 0.629. The Labute approximate surface area is 144 Å². The van der Waals surface area contributed by atoms with Crippen LogP contribution in [0.2, 0.25) is 0 Å². The van der Waals surface area contributed by atoms with Crippen molar-refractivity contribution in [2.24, 2.45) is 5.73 Å². The van der Waals surface area contributed by atoms with Crippen molar-refractivity contribution in [3.63, 3.8) is 0 Å². The number of amides is 1. The zero-order valence-corrected chi connectivity index (χ0v) is 14.7. The van der Waals surface area contributed by atoms with Crippen molar-refractivity contribution in [3.8, 4) is 10.8 Å². The first-order valence-electron chi connectivity index (χ1n) is 8.07. The third-order valence-electron chi connectivity index (χ3n) is 4.34. The number of thiazole rings is 1. The van der Waals surface area contributed by atoms with Crippen molar-refractivity contribution in [2.75, 3.05) is 6.54 Å². The summed E-state index contributed by atoms with van der Waals surface area (Å²) >= 11 is 1.54. The van der Waals surface area contributed by atoms with E-state index in [9.17, 15) is 4.79 Å². The summed E-state index contributed by atoms with van der Waals surface area (Å²) in [6, 6.07) is 11.4. The second-order valence-corrected chi connectivity index (χ2v) is 6.93. The number of hydrogen-bond donors (Lipinski definition) is 2. The summed E-state index contributed by atoms with van der Waals surface area (Å²) in [7, 11) is 0. The summed E-state index contributed by atoms with van der Waals surface area (Å²) in [6.07, 6.45) is 1.61. The molecular formula is C18H21N3O2S. The van der Waals surface area contributed by atoms with Crippen LogP contribution < -0.4 is 11.1 Å². The van der Waals surface area contributed by atoms with E-state index in [-0.39, 0.29) is 17.2 Å². The third kappa shape index (κ3) is 3.34. The van der Waals surface area contributed by atoms with Crippen molar-refractivity contribution >= 4 is 27.5 Å². The zero-order chi connectivity index (χ0) is 17.2. The second-order valence-electron chi connectivity index (χ2n) is 5.90. The van der Waals surface area contributed by atoms with Crippen LogP contribution in [0.4, 0.5) is 0 Å². The average molecular weight is 343 g/mol. The molecule has 5 nitrogen and oxygen atoms in total. The molecule has 0 saturated carbocycles. The van der Waals surface area contributed by atoms with Crippen molar-refractivity contribution in [1.29, 1.82) is 0 Å². The van der Waals surface area contributed by atoms with Crippen LogP contribution in [0.25, 0.3) is 21.0 Å². The van der Waals surface area contributed by atoms with Crippen LogP contribution in [0.1, 0.15) is 37.2 Å². The minimum Gasteiger partial charge on any atom is -0.448 e. The van der Waals surface area contributed by atoms with Crippen LogP contribution >= 0.6 is 11.3 Å². The number of aromatic nitrogens is 1. The molecule has 0 fully saturated rings. The molecule has 1 aromatic carbocycles. The van der Waals surface area contributed by atoms with Gasteiger partial charge in [0.05, 0.1) is 10.2 Å². The molecule has 0 saturated heterocycles. The smallest absolute Gasteiger partial charge is 0.287 e. The summed E-state index contributed by atoms with van der Waals surface area (Å²) in [5, 5.41) is 3.63. The van der Waals surface area contributed by atoms with Gasteiger partial charge in [0.2, 0.25) is 0 Å². The van der Waals surface area contributed by atoms with Gasteiger partial charge in [-0.15, -0.1) is 11.3 Å². The van der Waals surface area contributed by atoms with E-state index in [1.807, 2.05) is 38.1 Å². The van der Waals surface area contributed by atoms with Crippen LogP contribution in [0.5, 0.6) is 0 Å². The van der Waals surface area contributed by atoms with Gasteiger partial charge in [-0.1, -0.05) is 26.0 Å². The maximum atomic E-state index is 12.3. The minimum atomic E-state index is -0.377. The van der Waals surface area contributed by atoms with E-state index in [2.05, 4.69) is 10.3 Å². The average Bonchev–Trinajstić information content (AvgIpc) is 3.25. The lowest BCUT2D eigenvalue weighted by Crippen LogP contribution is -2.49. The van der Waals surface area contributed by atoms with E-state index in [0.29, 0.717) is 12.3 Å². The molecule has 2 heterocycles. The fraction of sp³-hybridized carbons (Fsp3) is 0.333. The second kappa shape index (κ2) is 6.75. The molecule has 126 valence electrons. The van der Waals surface area contributed by atoms with Gasteiger partial charge in [0.1, 0.15) is 0 Å². The molecule has 0 bridgehead atoms. The first-order valence-corrected chi connectivity index (χ1v) is 8.89. The van der Waals surface area contributed by atoms with Crippen molar-refractivity contribution in [1.82, 2.24) is 10.3 Å². The number of carbonyl (C=O) groups excluding carboxylic acids is 1. The highest BCUT2D eigenvalue weighted by Crippen LogP contribution is 2.31. The summed E-state index contributed by atoms with van der Waals surface area (Å²) < 4.78 is 6.78. The van der Waals surface area contributed by atoms with Crippen LogP contribution in [0, 0.1) is 0 Å². The molecule has 0 aliphatic carbocycles. The summed E-state index contributed by atoms with van der Waals surface area (Å²) in [4.78, 5) is 16.8. The van der Waals surface area contributed by atoms with Gasteiger partial charge in [-0.2, -0.15) is 0 Å². The van der Waals surface area contributed by atoms with Gasteiger partial charge in [-0.05, 0) is 37.1 Å². The number of nitrogens with two attached hydrogens (primary N) is 1. The molecule has 0 aliphatic rings. The quantitative estimate of drug-likeness (QED) is 0.713. The number of hydrogen-bond acceptors (Lipinski definition) is 5. The topological polar surface area (TPSA) is 81.1 Å². The lowest BCUT2D eigenvalue weighted by molar-refractivity contribution is 0.0915. The Bertz CT molecular complexity index is 816. The van der Waals surface area contributed by atoms with E-state index < -0.39 is 0 Å². The van der Waals surface area contributed by atoms with Crippen LogP contribution in [0.15, 0.2) is 40.8 Å². The summed E-state index contributed by atoms with van der Waals surface area (Å²) in [5.41, 5.74) is 6.76.